The van der Waals surface area contributed by atoms with Gasteiger partial charge in [-0.25, -0.2) is 0 Å². The molecule has 0 aliphatic rings. The van der Waals surface area contributed by atoms with Gasteiger partial charge in [-0.3, -0.25) is 9.59 Å². The maximum absolute atomic E-state index is 12.1. The van der Waals surface area contributed by atoms with E-state index in [1.807, 2.05) is 25.1 Å². The third kappa shape index (κ3) is 3.95. The van der Waals surface area contributed by atoms with Crippen LogP contribution in [0.4, 0.5) is 5.69 Å². The first-order chi connectivity index (χ1) is 10.5. The number of benzene rings is 2. The summed E-state index contributed by atoms with van der Waals surface area (Å²) in [5.41, 5.74) is 3.12. The number of nitrogens with one attached hydrogen (secondary N) is 1. The van der Waals surface area contributed by atoms with Crippen molar-refractivity contribution in [2.24, 2.45) is 0 Å². The highest BCUT2D eigenvalue weighted by molar-refractivity contribution is 5.97. The average Bonchev–Trinajstić information content (AvgIpc) is 2.47. The van der Waals surface area contributed by atoms with Crippen LogP contribution in [0.1, 0.15) is 28.4 Å². The molecule has 22 heavy (non-hydrogen) atoms. The molecule has 1 amide bonds. The van der Waals surface area contributed by atoms with Gasteiger partial charge in [-0.2, -0.15) is 0 Å². The molecule has 4 nitrogen and oxygen atoms in total. The van der Waals surface area contributed by atoms with Crippen LogP contribution in [0, 0.1) is 6.92 Å². The van der Waals surface area contributed by atoms with Crippen LogP contribution in [0.2, 0.25) is 0 Å². The second-order valence-electron chi connectivity index (χ2n) is 5.17. The van der Waals surface area contributed by atoms with Crippen LogP contribution in [0.3, 0.4) is 0 Å². The summed E-state index contributed by atoms with van der Waals surface area (Å²) < 4.78 is 5.20. The van der Waals surface area contributed by atoms with Crippen LogP contribution in [0.25, 0.3) is 0 Å². The highest BCUT2D eigenvalue weighted by Crippen LogP contribution is 2.19. The standard InChI is InChI=1S/C18H19NO3/c1-12-9-14(7-8-17(12)22-3)10-18(21)19-16-6-4-5-15(11-16)13(2)20/h4-9,11H,10H2,1-3H3,(H,19,21). The molecule has 0 unspecified atom stereocenters. The van der Waals surface area contributed by atoms with E-state index in [4.69, 9.17) is 4.74 Å². The van der Waals surface area contributed by atoms with Crippen molar-refractivity contribution in [3.63, 3.8) is 0 Å². The molecule has 0 bridgehead atoms. The zero-order valence-corrected chi connectivity index (χ0v) is 13.0. The number of ketones is 1. The van der Waals surface area contributed by atoms with Crippen LogP contribution in [0.5, 0.6) is 5.75 Å². The molecule has 2 rings (SSSR count). The highest BCUT2D eigenvalue weighted by Gasteiger charge is 2.07. The lowest BCUT2D eigenvalue weighted by atomic mass is 10.1. The van der Waals surface area contributed by atoms with Gasteiger partial charge in [0.25, 0.3) is 0 Å². The fraction of sp³-hybridized carbons (Fsp3) is 0.222. The Kier molecular flexibility index (Phi) is 4.94. The van der Waals surface area contributed by atoms with E-state index in [1.54, 1.807) is 31.4 Å². The van der Waals surface area contributed by atoms with E-state index in [0.717, 1.165) is 16.9 Å². The number of rotatable bonds is 5. The van der Waals surface area contributed by atoms with Crippen LogP contribution < -0.4 is 10.1 Å². The first kappa shape index (κ1) is 15.8. The van der Waals surface area contributed by atoms with Crippen molar-refractivity contribution >= 4 is 17.4 Å². The monoisotopic (exact) mass is 297 g/mol. The number of Topliss-reactive ketones (excluding diaryl/α,β-unsaturated/α-hetero) is 1. The summed E-state index contributed by atoms with van der Waals surface area (Å²) in [5.74, 6) is 0.658. The molecule has 1 N–H and O–H groups in total. The van der Waals surface area contributed by atoms with Crippen molar-refractivity contribution in [1.29, 1.82) is 0 Å². The van der Waals surface area contributed by atoms with Crippen LogP contribution >= 0.6 is 0 Å². The van der Waals surface area contributed by atoms with E-state index in [0.29, 0.717) is 11.3 Å². The van der Waals surface area contributed by atoms with E-state index in [1.165, 1.54) is 6.92 Å². The highest BCUT2D eigenvalue weighted by atomic mass is 16.5. The van der Waals surface area contributed by atoms with E-state index in [2.05, 4.69) is 5.32 Å². The van der Waals surface area contributed by atoms with E-state index >= 15 is 0 Å². The van der Waals surface area contributed by atoms with Crippen molar-refractivity contribution in [3.05, 3.63) is 59.2 Å². The molecule has 4 heteroatoms. The first-order valence-corrected chi connectivity index (χ1v) is 7.04. The lowest BCUT2D eigenvalue weighted by Crippen LogP contribution is -2.14. The molecule has 2 aromatic carbocycles. The SMILES string of the molecule is COc1ccc(CC(=O)Nc2cccc(C(C)=O)c2)cc1C. The quantitative estimate of drug-likeness (QED) is 0.861. The Balaban J connectivity index is 2.05. The van der Waals surface area contributed by atoms with E-state index < -0.39 is 0 Å². The Morgan fingerprint density at radius 2 is 1.91 bits per heavy atom. The molecular formula is C18H19NO3. The molecule has 114 valence electrons. The summed E-state index contributed by atoms with van der Waals surface area (Å²) in [5, 5.41) is 2.81. The molecule has 0 radical (unpaired) electrons. The summed E-state index contributed by atoms with van der Waals surface area (Å²) in [7, 11) is 1.62. The van der Waals surface area contributed by atoms with Crippen molar-refractivity contribution in [2.75, 3.05) is 12.4 Å². The summed E-state index contributed by atoms with van der Waals surface area (Å²) >= 11 is 0. The third-order valence-corrected chi connectivity index (χ3v) is 3.38. The van der Waals surface area contributed by atoms with Crippen LogP contribution in [0.15, 0.2) is 42.5 Å². The molecule has 0 aliphatic heterocycles. The summed E-state index contributed by atoms with van der Waals surface area (Å²) in [4.78, 5) is 23.4. The Morgan fingerprint density at radius 3 is 2.55 bits per heavy atom. The first-order valence-electron chi connectivity index (χ1n) is 7.04. The maximum Gasteiger partial charge on any atom is 0.228 e. The number of aryl methyl sites for hydroxylation is 1. The number of anilines is 1. The van der Waals surface area contributed by atoms with Crippen molar-refractivity contribution in [3.8, 4) is 5.75 Å². The van der Waals surface area contributed by atoms with Gasteiger partial charge in [-0.1, -0.05) is 24.3 Å². The molecule has 0 aromatic heterocycles. The van der Waals surface area contributed by atoms with Crippen molar-refractivity contribution < 1.29 is 14.3 Å². The van der Waals surface area contributed by atoms with Gasteiger partial charge >= 0.3 is 0 Å². The Bertz CT molecular complexity index is 707. The minimum Gasteiger partial charge on any atom is -0.496 e. The lowest BCUT2D eigenvalue weighted by Gasteiger charge is -2.09. The number of amides is 1. The molecule has 0 heterocycles. The smallest absolute Gasteiger partial charge is 0.228 e. The van der Waals surface area contributed by atoms with Gasteiger partial charge in [0, 0.05) is 11.3 Å². The fourth-order valence-electron chi connectivity index (χ4n) is 2.26. The second kappa shape index (κ2) is 6.89. The molecule has 0 aliphatic carbocycles. The molecule has 2 aromatic rings. The van der Waals surface area contributed by atoms with Crippen LogP contribution in [-0.4, -0.2) is 18.8 Å². The number of ether oxygens (including phenoxy) is 1. The predicted molar refractivity (Wildman–Crippen MR) is 86.5 cm³/mol. The fourth-order valence-corrected chi connectivity index (χ4v) is 2.26. The number of hydrogen-bond acceptors (Lipinski definition) is 3. The second-order valence-corrected chi connectivity index (χ2v) is 5.17. The van der Waals surface area contributed by atoms with Gasteiger partial charge in [0.15, 0.2) is 5.78 Å². The van der Waals surface area contributed by atoms with Gasteiger partial charge in [0.05, 0.1) is 13.5 Å². The molecular weight excluding hydrogens is 278 g/mol. The maximum atomic E-state index is 12.1. The van der Waals surface area contributed by atoms with Gasteiger partial charge in [-0.05, 0) is 43.2 Å². The Morgan fingerprint density at radius 1 is 1.14 bits per heavy atom. The molecule has 0 fully saturated rings. The number of carbonyl (C=O) groups is 2. The Hall–Kier alpha value is -2.62. The minimum atomic E-state index is -0.120. The summed E-state index contributed by atoms with van der Waals surface area (Å²) in [6, 6.07) is 12.6. The Labute approximate surface area is 130 Å². The molecule has 0 saturated heterocycles. The molecule has 0 saturated carbocycles. The van der Waals surface area contributed by atoms with E-state index in [-0.39, 0.29) is 18.1 Å². The average molecular weight is 297 g/mol. The largest absolute Gasteiger partial charge is 0.496 e. The van der Waals surface area contributed by atoms with E-state index in [9.17, 15) is 9.59 Å². The van der Waals surface area contributed by atoms with Crippen molar-refractivity contribution in [2.45, 2.75) is 20.3 Å². The van der Waals surface area contributed by atoms with Gasteiger partial charge in [0.1, 0.15) is 5.75 Å². The molecule has 0 spiro atoms. The topological polar surface area (TPSA) is 55.4 Å². The summed E-state index contributed by atoms with van der Waals surface area (Å²) in [6.45, 7) is 3.44. The number of hydrogen-bond donors (Lipinski definition) is 1. The normalized spacial score (nSPS) is 10.1. The van der Waals surface area contributed by atoms with Crippen molar-refractivity contribution in [1.82, 2.24) is 0 Å². The zero-order valence-electron chi connectivity index (χ0n) is 13.0. The van der Waals surface area contributed by atoms with Crippen LogP contribution in [-0.2, 0) is 11.2 Å². The number of carbonyl (C=O) groups excluding carboxylic acids is 2. The third-order valence-electron chi connectivity index (χ3n) is 3.38. The molecule has 0 atom stereocenters. The van der Waals surface area contributed by atoms with Gasteiger partial charge in [-0.15, -0.1) is 0 Å². The number of methoxy groups -OCH3 is 1. The predicted octanol–water partition coefficient (Wildman–Crippen LogP) is 3.39. The zero-order chi connectivity index (χ0) is 16.1. The summed E-state index contributed by atoms with van der Waals surface area (Å²) in [6.07, 6.45) is 0.273. The minimum absolute atomic E-state index is 0.0260. The van der Waals surface area contributed by atoms with Gasteiger partial charge in [0.2, 0.25) is 5.91 Å². The lowest BCUT2D eigenvalue weighted by molar-refractivity contribution is -0.115. The van der Waals surface area contributed by atoms with Gasteiger partial charge < -0.3 is 10.1 Å².